The van der Waals surface area contributed by atoms with Crippen LogP contribution in [0.1, 0.15) is 25.0 Å². The third-order valence-corrected chi connectivity index (χ3v) is 6.72. The van der Waals surface area contributed by atoms with Gasteiger partial charge in [0.05, 0.1) is 5.02 Å². The van der Waals surface area contributed by atoms with Gasteiger partial charge in [0.2, 0.25) is 5.91 Å². The third-order valence-electron chi connectivity index (χ3n) is 5.44. The lowest BCUT2D eigenvalue weighted by Crippen LogP contribution is -2.52. The van der Waals surface area contributed by atoms with E-state index in [1.807, 2.05) is 68.4 Å². The molecule has 0 bridgehead atoms. The van der Waals surface area contributed by atoms with Gasteiger partial charge in [-0.2, -0.15) is 0 Å². The first kappa shape index (κ1) is 28.2. The zero-order valence-corrected chi connectivity index (χ0v) is 24.1. The van der Waals surface area contributed by atoms with Gasteiger partial charge < -0.3 is 15.0 Å². The molecule has 1 unspecified atom stereocenters. The van der Waals surface area contributed by atoms with Crippen molar-refractivity contribution in [3.8, 4) is 5.75 Å². The normalized spacial score (nSPS) is 11.7. The Hall–Kier alpha value is -2.35. The summed E-state index contributed by atoms with van der Waals surface area (Å²) in [5, 5.41) is 3.41. The van der Waals surface area contributed by atoms with Gasteiger partial charge in [-0.3, -0.25) is 9.59 Å². The average molecular weight is 637 g/mol. The van der Waals surface area contributed by atoms with Crippen molar-refractivity contribution in [2.45, 2.75) is 32.9 Å². The van der Waals surface area contributed by atoms with Crippen LogP contribution >= 0.6 is 43.5 Å². The molecule has 0 aliphatic rings. The number of nitrogens with zero attached hydrogens (tertiary/aromatic N) is 1. The highest BCUT2D eigenvalue weighted by Crippen LogP contribution is 2.28. The molecule has 5 nitrogen and oxygen atoms in total. The van der Waals surface area contributed by atoms with E-state index in [4.69, 9.17) is 16.3 Å². The topological polar surface area (TPSA) is 58.6 Å². The summed E-state index contributed by atoms with van der Waals surface area (Å²) in [7, 11) is 0. The highest BCUT2D eigenvalue weighted by atomic mass is 79.9. The fourth-order valence-corrected chi connectivity index (χ4v) is 4.80. The summed E-state index contributed by atoms with van der Waals surface area (Å²) in [5.41, 5.74) is 1.86. The lowest BCUT2D eigenvalue weighted by Gasteiger charge is -2.31. The summed E-state index contributed by atoms with van der Waals surface area (Å²) in [6, 6.07) is 21.9. The van der Waals surface area contributed by atoms with Crippen molar-refractivity contribution in [2.75, 3.05) is 13.2 Å². The Morgan fingerprint density at radius 1 is 0.944 bits per heavy atom. The number of hydrogen-bond acceptors (Lipinski definition) is 3. The van der Waals surface area contributed by atoms with E-state index in [1.165, 1.54) is 0 Å². The minimum atomic E-state index is -0.721. The molecular formula is C28H29Br2ClN2O3. The molecule has 2 amide bonds. The van der Waals surface area contributed by atoms with Crippen LogP contribution in [0.15, 0.2) is 81.7 Å². The number of hydrogen-bond donors (Lipinski definition) is 1. The summed E-state index contributed by atoms with van der Waals surface area (Å²) in [6.45, 7) is 4.59. The molecule has 8 heteroatoms. The summed E-state index contributed by atoms with van der Waals surface area (Å²) >= 11 is 13.2. The van der Waals surface area contributed by atoms with Crippen LogP contribution in [0.25, 0.3) is 0 Å². The Balaban J connectivity index is 1.91. The largest absolute Gasteiger partial charge is 0.482 e. The third kappa shape index (κ3) is 8.64. The number of benzene rings is 3. The first-order chi connectivity index (χ1) is 17.2. The number of carbonyl (C=O) groups is 2. The molecule has 0 heterocycles. The summed E-state index contributed by atoms with van der Waals surface area (Å²) in [4.78, 5) is 28.6. The molecule has 1 atom stereocenters. The Kier molecular flexibility index (Phi) is 10.8. The van der Waals surface area contributed by atoms with E-state index >= 15 is 0 Å². The van der Waals surface area contributed by atoms with E-state index in [2.05, 4.69) is 37.2 Å². The van der Waals surface area contributed by atoms with Crippen molar-refractivity contribution < 1.29 is 14.3 Å². The summed E-state index contributed by atoms with van der Waals surface area (Å²) < 4.78 is 7.50. The number of nitrogens with one attached hydrogen (secondary N) is 1. The minimum absolute atomic E-state index is 0.197. The molecule has 0 saturated heterocycles. The van der Waals surface area contributed by atoms with Crippen LogP contribution < -0.4 is 10.1 Å². The van der Waals surface area contributed by atoms with Crippen LogP contribution in [-0.2, 0) is 22.6 Å². The van der Waals surface area contributed by atoms with Crippen LogP contribution in [0, 0.1) is 5.92 Å². The smallest absolute Gasteiger partial charge is 0.261 e. The molecule has 3 aromatic carbocycles. The van der Waals surface area contributed by atoms with Gasteiger partial charge in [0.1, 0.15) is 11.8 Å². The molecule has 0 aromatic heterocycles. The SMILES string of the molecule is CC(C)CNC(=O)C(Cc1ccccc1)N(Cc1cccc(Br)c1)C(=O)COc1ccc(Br)cc1Cl. The van der Waals surface area contributed by atoms with Crippen molar-refractivity contribution in [1.29, 1.82) is 0 Å². The Morgan fingerprint density at radius 2 is 1.64 bits per heavy atom. The Bertz CT molecular complexity index is 1170. The average Bonchev–Trinajstić information content (AvgIpc) is 2.84. The maximum absolute atomic E-state index is 13.6. The number of ether oxygens (including phenoxy) is 1. The molecular weight excluding hydrogens is 608 g/mol. The second-order valence-corrected chi connectivity index (χ2v) is 11.1. The van der Waals surface area contributed by atoms with Crippen molar-refractivity contribution in [3.63, 3.8) is 0 Å². The van der Waals surface area contributed by atoms with Crippen LogP contribution in [0.2, 0.25) is 5.02 Å². The predicted octanol–water partition coefficient (Wildman–Crippen LogP) is 6.66. The molecule has 0 radical (unpaired) electrons. The van der Waals surface area contributed by atoms with E-state index in [0.29, 0.717) is 23.7 Å². The van der Waals surface area contributed by atoms with E-state index in [9.17, 15) is 9.59 Å². The summed E-state index contributed by atoms with van der Waals surface area (Å²) in [6.07, 6.45) is 0.379. The van der Waals surface area contributed by atoms with Gasteiger partial charge in [0.15, 0.2) is 6.61 Å². The van der Waals surface area contributed by atoms with Crippen molar-refractivity contribution in [2.24, 2.45) is 5.92 Å². The van der Waals surface area contributed by atoms with Gasteiger partial charge in [0.25, 0.3) is 5.91 Å². The monoisotopic (exact) mass is 634 g/mol. The van der Waals surface area contributed by atoms with Gasteiger partial charge in [-0.25, -0.2) is 0 Å². The lowest BCUT2D eigenvalue weighted by molar-refractivity contribution is -0.142. The molecule has 0 aliphatic heterocycles. The highest BCUT2D eigenvalue weighted by Gasteiger charge is 2.31. The number of amides is 2. The van der Waals surface area contributed by atoms with E-state index in [-0.39, 0.29) is 30.9 Å². The fraction of sp³-hybridized carbons (Fsp3) is 0.286. The molecule has 3 rings (SSSR count). The molecule has 36 heavy (non-hydrogen) atoms. The number of rotatable bonds is 11. The van der Waals surface area contributed by atoms with Crippen molar-refractivity contribution >= 4 is 55.3 Å². The number of carbonyl (C=O) groups excluding carboxylic acids is 2. The Morgan fingerprint density at radius 3 is 2.31 bits per heavy atom. The predicted molar refractivity (Wildman–Crippen MR) is 151 cm³/mol. The molecule has 0 fully saturated rings. The van der Waals surface area contributed by atoms with Crippen LogP contribution in [0.3, 0.4) is 0 Å². The standard InChI is InChI=1S/C28H29Br2ClN2O3/c1-19(2)16-32-28(35)25(14-20-7-4-3-5-8-20)33(17-21-9-6-10-22(29)13-21)27(34)18-36-26-12-11-23(30)15-24(26)31/h3-13,15,19,25H,14,16-18H2,1-2H3,(H,32,35). The van der Waals surface area contributed by atoms with E-state index in [1.54, 1.807) is 23.1 Å². The van der Waals surface area contributed by atoms with Gasteiger partial charge in [-0.15, -0.1) is 0 Å². The lowest BCUT2D eigenvalue weighted by atomic mass is 10.0. The summed E-state index contributed by atoms with van der Waals surface area (Å²) in [5.74, 6) is 0.176. The van der Waals surface area contributed by atoms with Crippen molar-refractivity contribution in [1.82, 2.24) is 10.2 Å². The Labute approximate surface area is 234 Å². The quantitative estimate of drug-likeness (QED) is 0.256. The van der Waals surface area contributed by atoms with Crippen molar-refractivity contribution in [3.05, 3.63) is 97.9 Å². The second-order valence-electron chi connectivity index (χ2n) is 8.86. The van der Waals surface area contributed by atoms with Gasteiger partial charge in [0, 0.05) is 28.5 Å². The maximum atomic E-state index is 13.6. The molecule has 0 aliphatic carbocycles. The van der Waals surface area contributed by atoms with Gasteiger partial charge >= 0.3 is 0 Å². The zero-order valence-electron chi connectivity index (χ0n) is 20.2. The molecule has 3 aromatic rings. The van der Waals surface area contributed by atoms with Crippen LogP contribution in [0.5, 0.6) is 5.75 Å². The molecule has 190 valence electrons. The fourth-order valence-electron chi connectivity index (χ4n) is 3.62. The van der Waals surface area contributed by atoms with E-state index < -0.39 is 6.04 Å². The molecule has 1 N–H and O–H groups in total. The van der Waals surface area contributed by atoms with Crippen LogP contribution in [0.4, 0.5) is 0 Å². The first-order valence-corrected chi connectivity index (χ1v) is 13.6. The molecule has 0 saturated carbocycles. The number of halogens is 3. The van der Waals surface area contributed by atoms with E-state index in [0.717, 1.165) is 20.1 Å². The highest BCUT2D eigenvalue weighted by molar-refractivity contribution is 9.10. The zero-order chi connectivity index (χ0) is 26.1. The van der Waals surface area contributed by atoms with Gasteiger partial charge in [-0.1, -0.05) is 99.8 Å². The second kappa shape index (κ2) is 13.8. The minimum Gasteiger partial charge on any atom is -0.482 e. The molecule has 0 spiro atoms. The van der Waals surface area contributed by atoms with Gasteiger partial charge in [-0.05, 0) is 47.4 Å². The van der Waals surface area contributed by atoms with Crippen LogP contribution in [-0.4, -0.2) is 35.9 Å². The maximum Gasteiger partial charge on any atom is 0.261 e. The first-order valence-electron chi connectivity index (χ1n) is 11.7.